The van der Waals surface area contributed by atoms with Crippen molar-refractivity contribution < 1.29 is 10.0 Å². The molecule has 6 heteroatoms. The van der Waals surface area contributed by atoms with E-state index < -0.39 is 0 Å². The Kier molecular flexibility index (Phi) is 8.03. The number of hydroxylamine groups is 1. The molecule has 0 saturated carbocycles. The number of nitrogens with zero attached hydrogens (tertiary/aromatic N) is 3. The molecule has 30 heavy (non-hydrogen) atoms. The maximum Gasteiger partial charge on any atom is 0.243 e. The van der Waals surface area contributed by atoms with E-state index in [9.17, 15) is 4.79 Å². The number of para-hydroxylation sites is 2. The minimum atomic E-state index is -0.319. The first-order valence-electron chi connectivity index (χ1n) is 10.5. The van der Waals surface area contributed by atoms with Crippen molar-refractivity contribution in [3.63, 3.8) is 0 Å². The van der Waals surface area contributed by atoms with Crippen molar-refractivity contribution in [2.75, 3.05) is 11.4 Å². The van der Waals surface area contributed by atoms with E-state index in [1.807, 2.05) is 18.4 Å². The van der Waals surface area contributed by atoms with Crippen molar-refractivity contribution in [3.8, 4) is 0 Å². The van der Waals surface area contributed by atoms with Crippen LogP contribution in [0.1, 0.15) is 37.7 Å². The molecule has 0 radical (unpaired) electrons. The fraction of sp³-hybridized carbons (Fsp3) is 0.333. The highest BCUT2D eigenvalue weighted by Gasteiger charge is 2.26. The molecule has 0 bridgehead atoms. The van der Waals surface area contributed by atoms with E-state index in [4.69, 9.17) is 10.2 Å². The predicted molar refractivity (Wildman–Crippen MR) is 121 cm³/mol. The number of carbonyl (C=O) groups excluding carboxylic acids is 1. The van der Waals surface area contributed by atoms with Gasteiger partial charge in [-0.05, 0) is 49.6 Å². The quantitative estimate of drug-likeness (QED) is 0.339. The van der Waals surface area contributed by atoms with Gasteiger partial charge in [0, 0.05) is 36.8 Å². The molecule has 1 unspecified atom stereocenters. The van der Waals surface area contributed by atoms with Gasteiger partial charge in [0.15, 0.2) is 0 Å². The Balaban J connectivity index is 1.70. The van der Waals surface area contributed by atoms with E-state index in [0.717, 1.165) is 43.6 Å². The topological polar surface area (TPSA) is 68.2 Å². The van der Waals surface area contributed by atoms with Crippen molar-refractivity contribution in [1.29, 1.82) is 0 Å². The summed E-state index contributed by atoms with van der Waals surface area (Å²) in [4.78, 5) is 20.5. The number of carbonyl (C=O) groups is 1. The number of aryl methyl sites for hydroxylation is 1. The largest absolute Gasteiger partial charge is 0.339 e. The van der Waals surface area contributed by atoms with Gasteiger partial charge in [-0.15, -0.1) is 0 Å². The van der Waals surface area contributed by atoms with Gasteiger partial charge in [0.05, 0.1) is 0 Å². The number of benzene rings is 2. The number of nitrogens with one attached hydrogen (secondary N) is 1. The number of allylic oxidation sites excluding steroid dienone is 1. The number of anilines is 2. The van der Waals surface area contributed by atoms with E-state index in [2.05, 4.69) is 71.5 Å². The highest BCUT2D eigenvalue weighted by atomic mass is 16.5. The Hall–Kier alpha value is -3.12. The van der Waals surface area contributed by atoms with Gasteiger partial charge in [-0.3, -0.25) is 10.0 Å². The lowest BCUT2D eigenvalue weighted by atomic mass is 10.1. The minimum Gasteiger partial charge on any atom is -0.339 e. The molecule has 0 aliphatic carbocycles. The van der Waals surface area contributed by atoms with Gasteiger partial charge in [0.25, 0.3) is 0 Å². The smallest absolute Gasteiger partial charge is 0.243 e. The third kappa shape index (κ3) is 5.70. The predicted octanol–water partition coefficient (Wildman–Crippen LogP) is 4.77. The van der Waals surface area contributed by atoms with Crippen molar-refractivity contribution in [3.05, 3.63) is 72.4 Å². The highest BCUT2D eigenvalue weighted by Crippen LogP contribution is 2.33. The average Bonchev–Trinajstić information content (AvgIpc) is 2.79. The van der Waals surface area contributed by atoms with Crippen LogP contribution >= 0.6 is 0 Å². The normalized spacial score (nSPS) is 15.3. The second-order valence-electron chi connectivity index (χ2n) is 7.42. The molecule has 2 aromatic rings. The number of hydrogen-bond donors (Lipinski definition) is 2. The monoisotopic (exact) mass is 406 g/mol. The molecule has 2 N–H and O–H groups in total. The lowest BCUT2D eigenvalue weighted by Gasteiger charge is -2.39. The van der Waals surface area contributed by atoms with Crippen molar-refractivity contribution in [2.45, 2.75) is 45.3 Å². The molecule has 158 valence electrons. The molecular weight excluding hydrogens is 376 g/mol. The SMILES string of the molecule is Cc1ccccc1N(c1ccccc1)C1N=CC=CN1CCCCCCC(=O)NO. The summed E-state index contributed by atoms with van der Waals surface area (Å²) >= 11 is 0. The molecule has 2 aromatic carbocycles. The highest BCUT2D eigenvalue weighted by molar-refractivity contribution is 5.75. The van der Waals surface area contributed by atoms with Crippen LogP contribution < -0.4 is 10.4 Å². The summed E-state index contributed by atoms with van der Waals surface area (Å²) in [7, 11) is 0. The van der Waals surface area contributed by atoms with E-state index >= 15 is 0 Å². The summed E-state index contributed by atoms with van der Waals surface area (Å²) in [6.07, 6.45) is 9.92. The number of rotatable bonds is 10. The van der Waals surface area contributed by atoms with E-state index in [-0.39, 0.29) is 12.2 Å². The maximum atomic E-state index is 11.1. The van der Waals surface area contributed by atoms with Crippen LogP contribution in [0, 0.1) is 6.92 Å². The van der Waals surface area contributed by atoms with Gasteiger partial charge >= 0.3 is 0 Å². The van der Waals surface area contributed by atoms with Crippen LogP contribution in [0.5, 0.6) is 0 Å². The summed E-state index contributed by atoms with van der Waals surface area (Å²) in [5.41, 5.74) is 5.13. The lowest BCUT2D eigenvalue weighted by Crippen LogP contribution is -2.44. The molecule has 0 fully saturated rings. The van der Waals surface area contributed by atoms with Gasteiger partial charge in [0.2, 0.25) is 12.2 Å². The summed E-state index contributed by atoms with van der Waals surface area (Å²) < 4.78 is 0. The molecule has 1 atom stereocenters. The molecule has 1 aliphatic rings. The van der Waals surface area contributed by atoms with Crippen LogP contribution in [0.25, 0.3) is 0 Å². The van der Waals surface area contributed by atoms with Gasteiger partial charge in [-0.25, -0.2) is 10.5 Å². The van der Waals surface area contributed by atoms with Crippen molar-refractivity contribution in [1.82, 2.24) is 10.4 Å². The molecule has 0 saturated heterocycles. The van der Waals surface area contributed by atoms with Gasteiger partial charge in [-0.2, -0.15) is 0 Å². The van der Waals surface area contributed by atoms with Crippen molar-refractivity contribution >= 4 is 23.5 Å². The fourth-order valence-electron chi connectivity index (χ4n) is 3.65. The van der Waals surface area contributed by atoms with Gasteiger partial charge in [-0.1, -0.05) is 49.2 Å². The molecule has 1 amide bonds. The first kappa shape index (κ1) is 21.6. The van der Waals surface area contributed by atoms with Crippen molar-refractivity contribution in [2.24, 2.45) is 4.99 Å². The second kappa shape index (κ2) is 11.2. The summed E-state index contributed by atoms with van der Waals surface area (Å²) in [6.45, 7) is 3.00. The van der Waals surface area contributed by atoms with Gasteiger partial charge in [0.1, 0.15) is 0 Å². The molecular formula is C24H30N4O2. The van der Waals surface area contributed by atoms with Crippen LogP contribution in [-0.2, 0) is 4.79 Å². The number of hydrogen-bond acceptors (Lipinski definition) is 5. The number of unbranched alkanes of at least 4 members (excludes halogenated alkanes) is 3. The zero-order valence-corrected chi connectivity index (χ0v) is 17.4. The summed E-state index contributed by atoms with van der Waals surface area (Å²) in [5, 5.41) is 8.56. The Morgan fingerprint density at radius 3 is 2.57 bits per heavy atom. The molecule has 6 nitrogen and oxygen atoms in total. The van der Waals surface area contributed by atoms with E-state index in [0.29, 0.717) is 6.42 Å². The first-order chi connectivity index (χ1) is 14.7. The minimum absolute atomic E-state index is 0.154. The summed E-state index contributed by atoms with van der Waals surface area (Å²) in [5.74, 6) is -0.319. The third-order valence-corrected chi connectivity index (χ3v) is 5.21. The Morgan fingerprint density at radius 2 is 1.80 bits per heavy atom. The van der Waals surface area contributed by atoms with E-state index in [1.54, 1.807) is 5.48 Å². The van der Waals surface area contributed by atoms with Gasteiger partial charge < -0.3 is 9.80 Å². The molecule has 1 aliphatic heterocycles. The standard InChI is InChI=1S/C24H30N4O2/c1-20-12-8-9-15-22(20)28(21-13-5-4-6-14-21)24-25-17-11-19-27(24)18-10-3-2-7-16-23(29)26-30/h4-6,8-9,11-15,17,19,24,30H,2-3,7,10,16,18H2,1H3,(H,26,29). The molecule has 1 heterocycles. The average molecular weight is 407 g/mol. The molecule has 3 rings (SSSR count). The zero-order valence-electron chi connectivity index (χ0n) is 17.4. The van der Waals surface area contributed by atoms with Crippen LogP contribution in [-0.4, -0.2) is 35.1 Å². The zero-order chi connectivity index (χ0) is 21.2. The molecule has 0 spiro atoms. The van der Waals surface area contributed by atoms with Crippen LogP contribution in [0.4, 0.5) is 11.4 Å². The lowest BCUT2D eigenvalue weighted by molar-refractivity contribution is -0.129. The first-order valence-corrected chi connectivity index (χ1v) is 10.5. The Morgan fingerprint density at radius 1 is 1.07 bits per heavy atom. The maximum absolute atomic E-state index is 11.1. The fourth-order valence-corrected chi connectivity index (χ4v) is 3.65. The third-order valence-electron chi connectivity index (χ3n) is 5.21. The van der Waals surface area contributed by atoms with Crippen LogP contribution in [0.3, 0.4) is 0 Å². The summed E-state index contributed by atoms with van der Waals surface area (Å²) in [6, 6.07) is 18.7. The second-order valence-corrected chi connectivity index (χ2v) is 7.42. The van der Waals surface area contributed by atoms with Crippen LogP contribution in [0.15, 0.2) is 71.9 Å². The van der Waals surface area contributed by atoms with Crippen LogP contribution in [0.2, 0.25) is 0 Å². The molecule has 0 aromatic heterocycles. The number of amides is 1. The Labute approximate surface area is 178 Å². The van der Waals surface area contributed by atoms with E-state index in [1.165, 1.54) is 5.56 Å². The number of aliphatic imine (C=N–C) groups is 1. The Bertz CT molecular complexity index is 867.